The third-order valence-corrected chi connectivity index (χ3v) is 7.65. The number of hydrogen-bond donors (Lipinski definition) is 1. The van der Waals surface area contributed by atoms with Crippen LogP contribution in [-0.4, -0.2) is 47.0 Å². The van der Waals surface area contributed by atoms with Gasteiger partial charge in [0.25, 0.3) is 0 Å². The minimum Gasteiger partial charge on any atom is -0.507 e. The number of methoxy groups -OCH3 is 1. The molecule has 0 radical (unpaired) electrons. The van der Waals surface area contributed by atoms with Gasteiger partial charge >= 0.3 is 0 Å². The molecule has 2 amide bonds. The van der Waals surface area contributed by atoms with E-state index in [9.17, 15) is 24.3 Å². The van der Waals surface area contributed by atoms with Gasteiger partial charge in [0, 0.05) is 34.7 Å². The molecular weight excluding hydrogens is 434 g/mol. The first-order chi connectivity index (χ1) is 16.3. The fourth-order valence-corrected chi connectivity index (χ4v) is 6.22. The average molecular weight is 462 g/mol. The Morgan fingerprint density at radius 3 is 2.59 bits per heavy atom. The molecule has 1 saturated heterocycles. The summed E-state index contributed by atoms with van der Waals surface area (Å²) in [5.74, 6) is -2.70. The number of amides is 2. The maximum absolute atomic E-state index is 13.4. The van der Waals surface area contributed by atoms with E-state index in [1.807, 2.05) is 13.0 Å². The average Bonchev–Trinajstić information content (AvgIpc) is 3.06. The molecular formula is C27H27NO6. The Morgan fingerprint density at radius 1 is 1.12 bits per heavy atom. The summed E-state index contributed by atoms with van der Waals surface area (Å²) >= 11 is 0. The van der Waals surface area contributed by atoms with Crippen LogP contribution in [0.15, 0.2) is 52.6 Å². The zero-order valence-corrected chi connectivity index (χ0v) is 19.5. The second kappa shape index (κ2) is 8.08. The summed E-state index contributed by atoms with van der Waals surface area (Å²) in [4.78, 5) is 54.3. The molecule has 0 aromatic heterocycles. The van der Waals surface area contributed by atoms with Crippen molar-refractivity contribution in [1.82, 2.24) is 4.90 Å². The monoisotopic (exact) mass is 461 g/mol. The molecule has 7 nitrogen and oxygen atoms in total. The highest BCUT2D eigenvalue weighted by molar-refractivity contribution is 6.23. The predicted octanol–water partition coefficient (Wildman–Crippen LogP) is 3.24. The van der Waals surface area contributed by atoms with Crippen molar-refractivity contribution in [2.75, 3.05) is 13.7 Å². The van der Waals surface area contributed by atoms with Gasteiger partial charge in [-0.15, -0.1) is 0 Å². The van der Waals surface area contributed by atoms with Crippen LogP contribution in [0.3, 0.4) is 0 Å². The number of fused-ring (bicyclic) bond motifs is 3. The lowest BCUT2D eigenvalue weighted by atomic mass is 9.59. The van der Waals surface area contributed by atoms with Gasteiger partial charge < -0.3 is 9.84 Å². The molecule has 1 aromatic carbocycles. The van der Waals surface area contributed by atoms with E-state index in [-0.39, 0.29) is 35.6 Å². The molecule has 1 heterocycles. The van der Waals surface area contributed by atoms with Gasteiger partial charge in [0.15, 0.2) is 11.6 Å². The number of phenols is 1. The van der Waals surface area contributed by atoms with Crippen LogP contribution in [0, 0.1) is 17.8 Å². The molecule has 1 N–H and O–H groups in total. The predicted molar refractivity (Wildman–Crippen MR) is 123 cm³/mol. The molecule has 176 valence electrons. The molecule has 4 aliphatic rings. The summed E-state index contributed by atoms with van der Waals surface area (Å²) < 4.78 is 5.55. The van der Waals surface area contributed by atoms with Crippen molar-refractivity contribution in [1.29, 1.82) is 0 Å². The first-order valence-corrected chi connectivity index (χ1v) is 11.7. The normalized spacial score (nSPS) is 28.4. The topological polar surface area (TPSA) is 101 Å². The Hall–Kier alpha value is -3.48. The summed E-state index contributed by atoms with van der Waals surface area (Å²) in [7, 11) is 1.48. The van der Waals surface area contributed by atoms with Gasteiger partial charge in [-0.3, -0.25) is 24.1 Å². The van der Waals surface area contributed by atoms with E-state index in [0.29, 0.717) is 47.4 Å². The van der Waals surface area contributed by atoms with Crippen LogP contribution in [0.2, 0.25) is 0 Å². The van der Waals surface area contributed by atoms with Crippen LogP contribution in [0.1, 0.15) is 44.6 Å². The third kappa shape index (κ3) is 3.02. The van der Waals surface area contributed by atoms with Crippen LogP contribution in [-0.2, 0) is 19.2 Å². The van der Waals surface area contributed by atoms with Crippen molar-refractivity contribution >= 4 is 23.4 Å². The number of benzene rings is 1. The summed E-state index contributed by atoms with van der Waals surface area (Å²) in [6.07, 6.45) is 4.57. The lowest BCUT2D eigenvalue weighted by Crippen LogP contribution is -2.40. The Bertz CT molecular complexity index is 1240. The largest absolute Gasteiger partial charge is 0.507 e. The minimum absolute atomic E-state index is 0.0483. The van der Waals surface area contributed by atoms with Crippen molar-refractivity contribution in [3.63, 3.8) is 0 Å². The molecule has 5 rings (SSSR count). The molecule has 3 aliphatic carbocycles. The summed E-state index contributed by atoms with van der Waals surface area (Å²) in [6, 6.07) is 4.88. The zero-order chi connectivity index (χ0) is 24.3. The molecule has 4 atom stereocenters. The first kappa shape index (κ1) is 22.3. The van der Waals surface area contributed by atoms with E-state index in [1.165, 1.54) is 24.2 Å². The molecule has 0 unspecified atom stereocenters. The summed E-state index contributed by atoms with van der Waals surface area (Å²) in [6.45, 7) is 3.91. The second-order valence-electron chi connectivity index (χ2n) is 9.45. The minimum atomic E-state index is -0.727. The van der Waals surface area contributed by atoms with Crippen LogP contribution in [0.25, 0.3) is 0 Å². The molecule has 1 aliphatic heterocycles. The van der Waals surface area contributed by atoms with E-state index in [1.54, 1.807) is 19.1 Å². The number of likely N-dealkylation sites (tertiary alicyclic amines) is 1. The number of Topliss-reactive ketones (excluding diaryl/α,β-unsaturated/α-hetero) is 1. The zero-order valence-electron chi connectivity index (χ0n) is 19.5. The standard InChI is InChI=1S/C27H27NO6/c1-4-10-28-26(32)15-9-8-14-16(21(15)27(28)33)12-17-22(19(30)11-13(2)25(17)31)23(14)24-18(29)6-5-7-20(24)34-3/h5-8,11,15-16,21,23,29H,4,9-10,12H2,1-3H3/t15-,16+,21-,23-/m0/s1. The number of hydrogen-bond acceptors (Lipinski definition) is 6. The Morgan fingerprint density at radius 2 is 1.88 bits per heavy atom. The second-order valence-corrected chi connectivity index (χ2v) is 9.45. The van der Waals surface area contributed by atoms with Gasteiger partial charge in [0.2, 0.25) is 11.8 Å². The number of ketones is 2. The van der Waals surface area contributed by atoms with Gasteiger partial charge in [0.05, 0.1) is 18.9 Å². The maximum Gasteiger partial charge on any atom is 0.233 e. The SMILES string of the molecule is CCCN1C(=O)[C@H]2[C@H](CC=C3[C@H](c4c(O)cccc4OC)C4=C(C[C@H]32)C(=O)C(C)=CC4=O)C1=O. The molecule has 0 saturated carbocycles. The number of nitrogens with zero attached hydrogens (tertiary/aromatic N) is 1. The van der Waals surface area contributed by atoms with Gasteiger partial charge in [-0.25, -0.2) is 0 Å². The fraction of sp³-hybridized carbons (Fsp3) is 0.407. The summed E-state index contributed by atoms with van der Waals surface area (Å²) in [5, 5.41) is 10.9. The van der Waals surface area contributed by atoms with Gasteiger partial charge in [-0.2, -0.15) is 0 Å². The molecule has 1 aromatic rings. The van der Waals surface area contributed by atoms with E-state index in [2.05, 4.69) is 0 Å². The Balaban J connectivity index is 1.72. The lowest BCUT2D eigenvalue weighted by Gasteiger charge is -2.42. The number of carbonyl (C=O) groups is 4. The third-order valence-electron chi connectivity index (χ3n) is 7.65. The number of aromatic hydroxyl groups is 1. The number of imide groups is 1. The fourth-order valence-electron chi connectivity index (χ4n) is 6.22. The van der Waals surface area contributed by atoms with Crippen molar-refractivity contribution < 1.29 is 29.0 Å². The maximum atomic E-state index is 13.4. The van der Waals surface area contributed by atoms with Gasteiger partial charge in [0.1, 0.15) is 11.5 Å². The van der Waals surface area contributed by atoms with Crippen LogP contribution in [0.5, 0.6) is 11.5 Å². The van der Waals surface area contributed by atoms with Gasteiger partial charge in [-0.1, -0.05) is 24.6 Å². The van der Waals surface area contributed by atoms with Gasteiger partial charge in [-0.05, 0) is 50.3 Å². The van der Waals surface area contributed by atoms with E-state index in [4.69, 9.17) is 4.74 Å². The van der Waals surface area contributed by atoms with Crippen molar-refractivity contribution in [3.8, 4) is 11.5 Å². The highest BCUT2D eigenvalue weighted by Crippen LogP contribution is 2.57. The van der Waals surface area contributed by atoms with E-state index >= 15 is 0 Å². The molecule has 1 fully saturated rings. The van der Waals surface area contributed by atoms with Crippen molar-refractivity contribution in [3.05, 3.63) is 58.2 Å². The Labute approximate surface area is 197 Å². The Kier molecular flexibility index (Phi) is 5.30. The lowest BCUT2D eigenvalue weighted by molar-refractivity contribution is -0.140. The summed E-state index contributed by atoms with van der Waals surface area (Å²) in [5.41, 5.74) is 2.26. The van der Waals surface area contributed by atoms with Crippen LogP contribution in [0.4, 0.5) is 0 Å². The molecule has 0 bridgehead atoms. The van der Waals surface area contributed by atoms with Crippen LogP contribution >= 0.6 is 0 Å². The first-order valence-electron chi connectivity index (χ1n) is 11.7. The number of ether oxygens (including phenoxy) is 1. The number of phenolic OH excluding ortho intramolecular Hbond substituents is 1. The number of carbonyl (C=O) groups excluding carboxylic acids is 4. The van der Waals surface area contributed by atoms with E-state index in [0.717, 1.165) is 5.57 Å². The highest BCUT2D eigenvalue weighted by Gasteiger charge is 2.56. The van der Waals surface area contributed by atoms with Crippen molar-refractivity contribution in [2.24, 2.45) is 17.8 Å². The molecule has 34 heavy (non-hydrogen) atoms. The quantitative estimate of drug-likeness (QED) is 0.420. The van der Waals surface area contributed by atoms with E-state index < -0.39 is 23.7 Å². The number of allylic oxidation sites excluding steroid dienone is 6. The number of rotatable bonds is 4. The van der Waals surface area contributed by atoms with Crippen LogP contribution < -0.4 is 4.74 Å². The molecule has 0 spiro atoms. The molecule has 7 heteroatoms. The highest BCUT2D eigenvalue weighted by atomic mass is 16.5. The van der Waals surface area contributed by atoms with Crippen molar-refractivity contribution in [2.45, 2.75) is 39.0 Å². The smallest absolute Gasteiger partial charge is 0.233 e.